The van der Waals surface area contributed by atoms with Crippen molar-refractivity contribution >= 4 is 29.2 Å². The molecule has 0 aliphatic carbocycles. The number of esters is 2. The van der Waals surface area contributed by atoms with E-state index in [1.807, 2.05) is 6.92 Å². The molecule has 0 aliphatic rings. The summed E-state index contributed by atoms with van der Waals surface area (Å²) in [5.41, 5.74) is 0.948. The molecule has 0 heterocycles. The lowest BCUT2D eigenvalue weighted by Gasteiger charge is -2.08. The van der Waals surface area contributed by atoms with E-state index < -0.39 is 29.4 Å². The molecule has 0 radical (unpaired) electrons. The molecule has 2 rings (SSSR count). The number of nitrogens with zero attached hydrogens (tertiary/aromatic N) is 1. The van der Waals surface area contributed by atoms with E-state index in [0.29, 0.717) is 23.4 Å². The highest BCUT2D eigenvalue weighted by Gasteiger charge is 2.17. The van der Waals surface area contributed by atoms with Gasteiger partial charge >= 0.3 is 11.9 Å². The molecule has 0 saturated carbocycles. The fourth-order valence-corrected chi connectivity index (χ4v) is 2.43. The number of benzene rings is 2. The molecule has 2 aromatic carbocycles. The molecule has 30 heavy (non-hydrogen) atoms. The predicted octanol–water partition coefficient (Wildman–Crippen LogP) is 3.66. The zero-order chi connectivity index (χ0) is 22.1. The van der Waals surface area contributed by atoms with E-state index in [1.165, 1.54) is 36.4 Å². The Kier molecular flexibility index (Phi) is 8.04. The second-order valence-electron chi connectivity index (χ2n) is 6.45. The number of nitrogens with one attached hydrogen (secondary N) is 1. The average molecular weight is 414 g/mol. The standard InChI is InChI=1S/C21H22N2O7/c1-3-4-11-29-20(25)15-7-9-17(10-8-15)22-19(24)13-30-21(26)16-6-5-14(2)18(12-16)23(27)28/h5-10,12H,3-4,11,13H2,1-2H3,(H,22,24). The van der Waals surface area contributed by atoms with E-state index in [9.17, 15) is 24.5 Å². The lowest BCUT2D eigenvalue weighted by atomic mass is 10.1. The number of rotatable bonds is 9. The van der Waals surface area contributed by atoms with Gasteiger partial charge in [0.2, 0.25) is 0 Å². The summed E-state index contributed by atoms with van der Waals surface area (Å²) in [6.45, 7) is 3.33. The second kappa shape index (κ2) is 10.7. The third-order valence-electron chi connectivity index (χ3n) is 4.11. The molecule has 9 heteroatoms. The van der Waals surface area contributed by atoms with Gasteiger partial charge in [-0.3, -0.25) is 14.9 Å². The van der Waals surface area contributed by atoms with Gasteiger partial charge in [-0.2, -0.15) is 0 Å². The first-order chi connectivity index (χ1) is 14.3. The number of anilines is 1. The number of unbranched alkanes of at least 4 members (excludes halogenated alkanes) is 1. The van der Waals surface area contributed by atoms with Crippen LogP contribution < -0.4 is 5.32 Å². The summed E-state index contributed by atoms with van der Waals surface area (Å²) in [4.78, 5) is 46.2. The maximum Gasteiger partial charge on any atom is 0.338 e. The number of ether oxygens (including phenoxy) is 2. The van der Waals surface area contributed by atoms with Crippen molar-refractivity contribution in [1.82, 2.24) is 0 Å². The molecular formula is C21H22N2O7. The molecule has 0 atom stereocenters. The van der Waals surface area contributed by atoms with Crippen LogP contribution in [0.15, 0.2) is 42.5 Å². The summed E-state index contributed by atoms with van der Waals surface area (Å²) < 4.78 is 10.0. The first-order valence-corrected chi connectivity index (χ1v) is 9.31. The fourth-order valence-electron chi connectivity index (χ4n) is 2.43. The maximum absolute atomic E-state index is 12.0. The Hall–Kier alpha value is -3.75. The number of hydrogen-bond acceptors (Lipinski definition) is 7. The van der Waals surface area contributed by atoms with Gasteiger partial charge in [0.1, 0.15) is 0 Å². The Labute approximate surface area is 173 Å². The van der Waals surface area contributed by atoms with Crippen LogP contribution in [0, 0.1) is 17.0 Å². The van der Waals surface area contributed by atoms with E-state index in [0.717, 1.165) is 18.9 Å². The summed E-state index contributed by atoms with van der Waals surface area (Å²) in [5, 5.41) is 13.5. The summed E-state index contributed by atoms with van der Waals surface area (Å²) in [6, 6.07) is 10.0. The zero-order valence-electron chi connectivity index (χ0n) is 16.7. The van der Waals surface area contributed by atoms with Gasteiger partial charge in [-0.05, 0) is 43.7 Å². The predicted molar refractivity (Wildman–Crippen MR) is 108 cm³/mol. The Morgan fingerprint density at radius 1 is 1.00 bits per heavy atom. The quantitative estimate of drug-likeness (QED) is 0.287. The second-order valence-corrected chi connectivity index (χ2v) is 6.45. The monoisotopic (exact) mass is 414 g/mol. The van der Waals surface area contributed by atoms with Crippen LogP contribution in [0.2, 0.25) is 0 Å². The van der Waals surface area contributed by atoms with Gasteiger partial charge in [0.15, 0.2) is 6.61 Å². The highest BCUT2D eigenvalue weighted by Crippen LogP contribution is 2.19. The summed E-state index contributed by atoms with van der Waals surface area (Å²) >= 11 is 0. The van der Waals surface area contributed by atoms with E-state index >= 15 is 0 Å². The van der Waals surface area contributed by atoms with Gasteiger partial charge in [-0.15, -0.1) is 0 Å². The van der Waals surface area contributed by atoms with Crippen LogP contribution in [0.25, 0.3) is 0 Å². The Bertz CT molecular complexity index is 939. The molecule has 0 aromatic heterocycles. The lowest BCUT2D eigenvalue weighted by Crippen LogP contribution is -2.21. The van der Waals surface area contributed by atoms with Crippen LogP contribution in [0.4, 0.5) is 11.4 Å². The molecule has 9 nitrogen and oxygen atoms in total. The van der Waals surface area contributed by atoms with E-state index in [1.54, 1.807) is 6.92 Å². The molecule has 0 unspecified atom stereocenters. The lowest BCUT2D eigenvalue weighted by molar-refractivity contribution is -0.385. The molecule has 0 bridgehead atoms. The Balaban J connectivity index is 1.87. The number of aryl methyl sites for hydroxylation is 1. The van der Waals surface area contributed by atoms with Crippen LogP contribution in [0.5, 0.6) is 0 Å². The normalized spacial score (nSPS) is 10.2. The zero-order valence-corrected chi connectivity index (χ0v) is 16.7. The number of nitro groups is 1. The summed E-state index contributed by atoms with van der Waals surface area (Å²) in [7, 11) is 0. The largest absolute Gasteiger partial charge is 0.462 e. The van der Waals surface area contributed by atoms with Gasteiger partial charge in [0.25, 0.3) is 11.6 Å². The highest BCUT2D eigenvalue weighted by molar-refractivity contribution is 5.96. The van der Waals surface area contributed by atoms with Crippen molar-refractivity contribution in [3.63, 3.8) is 0 Å². The van der Waals surface area contributed by atoms with Crippen LogP contribution in [-0.2, 0) is 14.3 Å². The van der Waals surface area contributed by atoms with Gasteiger partial charge in [0, 0.05) is 17.3 Å². The molecule has 158 valence electrons. The van der Waals surface area contributed by atoms with Gasteiger partial charge in [-0.1, -0.05) is 19.4 Å². The minimum absolute atomic E-state index is 0.0222. The van der Waals surface area contributed by atoms with Gasteiger partial charge in [-0.25, -0.2) is 9.59 Å². The smallest absolute Gasteiger partial charge is 0.338 e. The molecule has 2 aromatic rings. The highest BCUT2D eigenvalue weighted by atomic mass is 16.6. The molecule has 1 amide bonds. The average Bonchev–Trinajstić information content (AvgIpc) is 2.72. The number of carbonyl (C=O) groups is 3. The van der Waals surface area contributed by atoms with Crippen LogP contribution in [0.3, 0.4) is 0 Å². The van der Waals surface area contributed by atoms with Crippen LogP contribution >= 0.6 is 0 Å². The van der Waals surface area contributed by atoms with Crippen LogP contribution in [0.1, 0.15) is 46.0 Å². The molecule has 1 N–H and O–H groups in total. The Morgan fingerprint density at radius 3 is 2.27 bits per heavy atom. The topological polar surface area (TPSA) is 125 Å². The SMILES string of the molecule is CCCCOC(=O)c1ccc(NC(=O)COC(=O)c2ccc(C)c([N+](=O)[O-])c2)cc1. The molecule has 0 aliphatic heterocycles. The minimum atomic E-state index is -0.849. The molecule has 0 spiro atoms. The first-order valence-electron chi connectivity index (χ1n) is 9.31. The summed E-state index contributed by atoms with van der Waals surface area (Å²) in [5.74, 6) is -1.89. The van der Waals surface area contributed by atoms with Crippen molar-refractivity contribution < 1.29 is 28.8 Å². The van der Waals surface area contributed by atoms with Crippen molar-refractivity contribution in [2.75, 3.05) is 18.5 Å². The van der Waals surface area contributed by atoms with Crippen molar-refractivity contribution in [2.45, 2.75) is 26.7 Å². The van der Waals surface area contributed by atoms with Crippen molar-refractivity contribution in [1.29, 1.82) is 0 Å². The van der Waals surface area contributed by atoms with Crippen LogP contribution in [-0.4, -0.2) is 36.0 Å². The number of carbonyl (C=O) groups excluding carboxylic acids is 3. The van der Waals surface area contributed by atoms with Crippen molar-refractivity contribution in [3.8, 4) is 0 Å². The fraction of sp³-hybridized carbons (Fsp3) is 0.286. The Morgan fingerprint density at radius 2 is 1.63 bits per heavy atom. The van der Waals surface area contributed by atoms with E-state index in [2.05, 4.69) is 5.32 Å². The van der Waals surface area contributed by atoms with Crippen molar-refractivity contribution in [3.05, 3.63) is 69.3 Å². The third-order valence-corrected chi connectivity index (χ3v) is 4.11. The van der Waals surface area contributed by atoms with Gasteiger partial charge in [0.05, 0.1) is 22.7 Å². The number of nitro benzene ring substituents is 1. The number of hydrogen-bond donors (Lipinski definition) is 1. The van der Waals surface area contributed by atoms with E-state index in [4.69, 9.17) is 9.47 Å². The molecule has 0 saturated heterocycles. The minimum Gasteiger partial charge on any atom is -0.462 e. The van der Waals surface area contributed by atoms with E-state index in [-0.39, 0.29) is 11.3 Å². The van der Waals surface area contributed by atoms with Crippen molar-refractivity contribution in [2.24, 2.45) is 0 Å². The molecule has 0 fully saturated rings. The molecular weight excluding hydrogens is 392 g/mol. The van der Waals surface area contributed by atoms with Gasteiger partial charge < -0.3 is 14.8 Å². The maximum atomic E-state index is 12.0. The third kappa shape index (κ3) is 6.40. The summed E-state index contributed by atoms with van der Waals surface area (Å²) in [6.07, 6.45) is 1.71. The number of amides is 1. The first kappa shape index (κ1) is 22.5.